The first-order valence-corrected chi connectivity index (χ1v) is 11.7. The van der Waals surface area contributed by atoms with E-state index in [4.69, 9.17) is 4.74 Å². The second-order valence-corrected chi connectivity index (χ2v) is 9.60. The van der Waals surface area contributed by atoms with Crippen molar-refractivity contribution < 1.29 is 22.9 Å². The zero-order valence-electron chi connectivity index (χ0n) is 16.9. The summed E-state index contributed by atoms with van der Waals surface area (Å²) in [4.78, 5) is 23.0. The fraction of sp³-hybridized carbons (Fsp3) is 0.136. The van der Waals surface area contributed by atoms with Crippen LogP contribution in [0.5, 0.6) is 0 Å². The fourth-order valence-electron chi connectivity index (χ4n) is 2.81. The summed E-state index contributed by atoms with van der Waals surface area (Å²) >= 11 is 3.33. The molecule has 0 aliphatic heterocycles. The Morgan fingerprint density at radius 1 is 1.03 bits per heavy atom. The number of carbonyl (C=O) groups excluding carboxylic acids is 1. The van der Waals surface area contributed by atoms with Crippen LogP contribution in [0.15, 0.2) is 82.2 Å². The molecule has 10 heteroatoms. The number of halogens is 1. The molecule has 0 aliphatic carbocycles. The fourth-order valence-corrected chi connectivity index (χ4v) is 4.10. The van der Waals surface area contributed by atoms with Crippen LogP contribution in [0.3, 0.4) is 0 Å². The van der Waals surface area contributed by atoms with E-state index in [9.17, 15) is 23.3 Å². The van der Waals surface area contributed by atoms with Crippen molar-refractivity contribution in [1.29, 1.82) is 0 Å². The van der Waals surface area contributed by atoms with Crippen molar-refractivity contribution in [3.8, 4) is 0 Å². The topological polar surface area (TPSA) is 116 Å². The number of nitrogens with one attached hydrogen (secondary N) is 1. The van der Waals surface area contributed by atoms with Gasteiger partial charge in [0.2, 0.25) is 10.0 Å². The first-order valence-electron chi connectivity index (χ1n) is 9.43. The second kappa shape index (κ2) is 10.0. The van der Waals surface area contributed by atoms with Crippen LogP contribution in [-0.4, -0.2) is 25.9 Å². The van der Waals surface area contributed by atoms with Gasteiger partial charge in [0.15, 0.2) is 0 Å². The highest BCUT2D eigenvalue weighted by Crippen LogP contribution is 2.23. The van der Waals surface area contributed by atoms with Crippen molar-refractivity contribution in [2.24, 2.45) is 0 Å². The number of aryl methyl sites for hydroxylation is 1. The molecule has 0 amide bonds. The second-order valence-electron chi connectivity index (χ2n) is 6.91. The highest BCUT2D eigenvalue weighted by molar-refractivity contribution is 9.10. The van der Waals surface area contributed by atoms with Crippen molar-refractivity contribution >= 4 is 37.6 Å². The Kier molecular flexibility index (Phi) is 7.39. The van der Waals surface area contributed by atoms with Crippen LogP contribution in [0.25, 0.3) is 0 Å². The van der Waals surface area contributed by atoms with Crippen LogP contribution in [-0.2, 0) is 14.8 Å². The number of nitro groups is 1. The average Bonchev–Trinajstić information content (AvgIpc) is 2.77. The summed E-state index contributed by atoms with van der Waals surface area (Å²) in [5.74, 6) is -0.734. The molecule has 32 heavy (non-hydrogen) atoms. The number of carbonyl (C=O) groups is 1. The highest BCUT2D eigenvalue weighted by atomic mass is 79.9. The Labute approximate surface area is 193 Å². The molecule has 8 nitrogen and oxygen atoms in total. The van der Waals surface area contributed by atoms with Crippen LogP contribution in [0.2, 0.25) is 0 Å². The molecule has 0 radical (unpaired) electrons. The highest BCUT2D eigenvalue weighted by Gasteiger charge is 2.22. The van der Waals surface area contributed by atoms with Gasteiger partial charge >= 0.3 is 5.97 Å². The lowest BCUT2D eigenvalue weighted by Crippen LogP contribution is -2.30. The predicted molar refractivity (Wildman–Crippen MR) is 122 cm³/mol. The summed E-state index contributed by atoms with van der Waals surface area (Å²) in [6, 6.07) is 18.3. The maximum Gasteiger partial charge on any atom is 0.338 e. The van der Waals surface area contributed by atoms with E-state index >= 15 is 0 Å². The van der Waals surface area contributed by atoms with Crippen molar-refractivity contribution in [3.05, 3.63) is 104 Å². The van der Waals surface area contributed by atoms with Gasteiger partial charge in [0.05, 0.1) is 21.9 Å². The van der Waals surface area contributed by atoms with Crippen molar-refractivity contribution in [3.63, 3.8) is 0 Å². The number of esters is 1. The van der Waals surface area contributed by atoms with E-state index < -0.39 is 27.0 Å². The number of non-ortho nitro benzene ring substituents is 1. The quantitative estimate of drug-likeness (QED) is 0.265. The van der Waals surface area contributed by atoms with E-state index in [0.29, 0.717) is 5.56 Å². The molecule has 166 valence electrons. The summed E-state index contributed by atoms with van der Waals surface area (Å²) in [7, 11) is -3.83. The number of ether oxygens (including phenoxy) is 1. The third-order valence-corrected chi connectivity index (χ3v) is 6.56. The molecular weight excluding hydrogens is 500 g/mol. The molecule has 1 N–H and O–H groups in total. The molecule has 0 fully saturated rings. The van der Waals surface area contributed by atoms with Crippen LogP contribution in [0.1, 0.15) is 27.6 Å². The number of nitrogens with zero attached hydrogens (tertiary/aromatic N) is 1. The number of nitro benzene ring substituents is 1. The maximum absolute atomic E-state index is 12.7. The lowest BCUT2D eigenvalue weighted by molar-refractivity contribution is -0.384. The van der Waals surface area contributed by atoms with Gasteiger partial charge in [-0.3, -0.25) is 10.1 Å². The zero-order chi connectivity index (χ0) is 23.3. The zero-order valence-corrected chi connectivity index (χ0v) is 19.3. The molecule has 3 aromatic carbocycles. The first-order chi connectivity index (χ1) is 15.2. The number of benzene rings is 3. The Balaban J connectivity index is 1.80. The Morgan fingerprint density at radius 2 is 1.62 bits per heavy atom. The molecule has 0 saturated heterocycles. The lowest BCUT2D eigenvalue weighted by Gasteiger charge is -2.19. The van der Waals surface area contributed by atoms with E-state index in [2.05, 4.69) is 20.7 Å². The van der Waals surface area contributed by atoms with E-state index in [0.717, 1.165) is 10.0 Å². The molecule has 0 saturated carbocycles. The molecule has 3 rings (SSSR count). The molecule has 1 atom stereocenters. The average molecular weight is 519 g/mol. The van der Waals surface area contributed by atoms with Gasteiger partial charge in [-0.25, -0.2) is 17.9 Å². The Morgan fingerprint density at radius 3 is 2.19 bits per heavy atom. The monoisotopic (exact) mass is 518 g/mol. The first kappa shape index (κ1) is 23.6. The van der Waals surface area contributed by atoms with Crippen LogP contribution >= 0.6 is 15.9 Å². The summed E-state index contributed by atoms with van der Waals surface area (Å²) in [5.41, 5.74) is 1.46. The van der Waals surface area contributed by atoms with Crippen LogP contribution in [0, 0.1) is 17.0 Å². The van der Waals surface area contributed by atoms with E-state index in [-0.39, 0.29) is 22.7 Å². The number of hydrogen-bond acceptors (Lipinski definition) is 6. The lowest BCUT2D eigenvalue weighted by atomic mass is 10.1. The van der Waals surface area contributed by atoms with E-state index in [1.165, 1.54) is 36.4 Å². The van der Waals surface area contributed by atoms with E-state index in [1.807, 2.05) is 6.92 Å². The van der Waals surface area contributed by atoms with Crippen molar-refractivity contribution in [2.45, 2.75) is 17.9 Å². The molecule has 0 aromatic heterocycles. The molecule has 0 heterocycles. The normalized spacial score (nSPS) is 12.2. The Hall–Kier alpha value is -3.08. The van der Waals surface area contributed by atoms with Crippen LogP contribution < -0.4 is 4.72 Å². The molecule has 1 unspecified atom stereocenters. The predicted octanol–water partition coefficient (Wildman–Crippen LogP) is 4.54. The van der Waals surface area contributed by atoms with Gasteiger partial charge in [0.1, 0.15) is 6.10 Å². The summed E-state index contributed by atoms with van der Waals surface area (Å²) in [6.07, 6.45) is -0.925. The number of hydrogen-bond donors (Lipinski definition) is 1. The van der Waals surface area contributed by atoms with E-state index in [1.54, 1.807) is 36.4 Å². The van der Waals surface area contributed by atoms with Crippen molar-refractivity contribution in [2.75, 3.05) is 6.54 Å². The van der Waals surface area contributed by atoms with Gasteiger partial charge in [-0.2, -0.15) is 0 Å². The Bertz CT molecular complexity index is 1210. The summed E-state index contributed by atoms with van der Waals surface area (Å²) in [5, 5.41) is 10.8. The summed E-state index contributed by atoms with van der Waals surface area (Å²) < 4.78 is 34.2. The maximum atomic E-state index is 12.7. The third-order valence-electron chi connectivity index (χ3n) is 4.59. The largest absolute Gasteiger partial charge is 0.452 e. The van der Waals surface area contributed by atoms with Crippen LogP contribution in [0.4, 0.5) is 5.69 Å². The molecular formula is C22H19BrN2O6S. The molecule has 3 aromatic rings. The van der Waals surface area contributed by atoms with Gasteiger partial charge in [-0.1, -0.05) is 45.8 Å². The van der Waals surface area contributed by atoms with Gasteiger partial charge in [-0.05, 0) is 48.9 Å². The molecule has 0 bridgehead atoms. The van der Waals surface area contributed by atoms with Gasteiger partial charge in [0.25, 0.3) is 5.69 Å². The molecule has 0 spiro atoms. The smallest absolute Gasteiger partial charge is 0.338 e. The minimum atomic E-state index is -3.83. The number of sulfonamides is 1. The van der Waals surface area contributed by atoms with Gasteiger partial charge in [-0.15, -0.1) is 0 Å². The van der Waals surface area contributed by atoms with Gasteiger partial charge < -0.3 is 4.74 Å². The standard InChI is InChI=1S/C22H19BrN2O6S/c1-15-2-12-20(13-3-15)32(29,30)24-14-21(16-4-8-18(23)9-5-16)31-22(26)17-6-10-19(11-7-17)25(27)28/h2-13,21,24H,14H2,1H3. The third kappa shape index (κ3) is 6.00. The molecule has 0 aliphatic rings. The minimum absolute atomic E-state index is 0.0966. The number of rotatable bonds is 8. The minimum Gasteiger partial charge on any atom is -0.452 e. The SMILES string of the molecule is Cc1ccc(S(=O)(=O)NCC(OC(=O)c2ccc([N+](=O)[O-])cc2)c2ccc(Br)cc2)cc1. The summed E-state index contributed by atoms with van der Waals surface area (Å²) in [6.45, 7) is 1.65. The van der Waals surface area contributed by atoms with Crippen molar-refractivity contribution in [1.82, 2.24) is 4.72 Å². The van der Waals surface area contributed by atoms with Gasteiger partial charge in [0, 0.05) is 16.6 Å².